The fourth-order valence-electron chi connectivity index (χ4n) is 2.25. The van der Waals surface area contributed by atoms with Crippen LogP contribution in [-0.2, 0) is 13.7 Å². The second kappa shape index (κ2) is 5.85. The summed E-state index contributed by atoms with van der Waals surface area (Å²) in [7, 11) is 1.95. The second-order valence-electron chi connectivity index (χ2n) is 4.84. The highest BCUT2D eigenvalue weighted by atomic mass is 16.3. The number of aliphatic hydroxyl groups excluding tert-OH is 1. The number of anilines is 1. The third-order valence-corrected chi connectivity index (χ3v) is 3.39. The van der Waals surface area contributed by atoms with Crippen molar-refractivity contribution in [2.45, 2.75) is 12.6 Å². The molecule has 108 valence electrons. The van der Waals surface area contributed by atoms with Gasteiger partial charge in [-0.3, -0.25) is 0 Å². The summed E-state index contributed by atoms with van der Waals surface area (Å²) in [6, 6.07) is 11.3. The minimum atomic E-state index is -0.167. The number of hydrogen-bond donors (Lipinski definition) is 2. The van der Waals surface area contributed by atoms with Crippen molar-refractivity contribution in [1.29, 1.82) is 0 Å². The van der Waals surface area contributed by atoms with Gasteiger partial charge in [0.2, 0.25) is 0 Å². The van der Waals surface area contributed by atoms with Crippen LogP contribution in [0.15, 0.2) is 59.5 Å². The summed E-state index contributed by atoms with van der Waals surface area (Å²) in [6.45, 7) is 0.0429. The maximum atomic E-state index is 9.10. The van der Waals surface area contributed by atoms with Gasteiger partial charge in [0.05, 0.1) is 12.9 Å². The molecule has 3 rings (SSSR count). The summed E-state index contributed by atoms with van der Waals surface area (Å²) in [5.41, 5.74) is 1.82. The van der Waals surface area contributed by atoms with Gasteiger partial charge in [-0.05, 0) is 29.8 Å². The van der Waals surface area contributed by atoms with Gasteiger partial charge in [0.25, 0.3) is 0 Å². The van der Waals surface area contributed by atoms with Crippen molar-refractivity contribution < 1.29 is 9.52 Å². The SMILES string of the molecule is Cn1ccnc1C(Nc1ccc(CO)cc1)c1ccco1. The zero-order valence-electron chi connectivity index (χ0n) is 11.7. The molecule has 5 heteroatoms. The molecular weight excluding hydrogens is 266 g/mol. The zero-order chi connectivity index (χ0) is 14.7. The molecular formula is C16H17N3O2. The van der Waals surface area contributed by atoms with Crippen LogP contribution in [0.3, 0.4) is 0 Å². The van der Waals surface area contributed by atoms with Crippen molar-refractivity contribution in [2.24, 2.45) is 7.05 Å². The van der Waals surface area contributed by atoms with Gasteiger partial charge in [0.1, 0.15) is 17.6 Å². The van der Waals surface area contributed by atoms with Crippen molar-refractivity contribution in [3.05, 3.63) is 72.2 Å². The molecule has 0 fully saturated rings. The number of benzene rings is 1. The molecule has 0 amide bonds. The minimum absolute atomic E-state index is 0.0429. The molecule has 0 aliphatic heterocycles. The van der Waals surface area contributed by atoms with E-state index in [1.807, 2.05) is 54.2 Å². The van der Waals surface area contributed by atoms with E-state index in [1.165, 1.54) is 0 Å². The lowest BCUT2D eigenvalue weighted by Gasteiger charge is -2.18. The Kier molecular flexibility index (Phi) is 3.75. The normalized spacial score (nSPS) is 12.3. The summed E-state index contributed by atoms with van der Waals surface area (Å²) in [6.07, 6.45) is 5.32. The van der Waals surface area contributed by atoms with E-state index in [1.54, 1.807) is 12.5 Å². The van der Waals surface area contributed by atoms with E-state index in [2.05, 4.69) is 10.3 Å². The van der Waals surface area contributed by atoms with Crippen molar-refractivity contribution in [3.8, 4) is 0 Å². The van der Waals surface area contributed by atoms with Crippen LogP contribution in [0.5, 0.6) is 0 Å². The van der Waals surface area contributed by atoms with Gasteiger partial charge in [0.15, 0.2) is 0 Å². The molecule has 2 aromatic heterocycles. The van der Waals surface area contributed by atoms with E-state index in [0.717, 1.165) is 22.8 Å². The van der Waals surface area contributed by atoms with Crippen molar-refractivity contribution >= 4 is 5.69 Å². The van der Waals surface area contributed by atoms with Crippen LogP contribution >= 0.6 is 0 Å². The maximum absolute atomic E-state index is 9.10. The average molecular weight is 283 g/mol. The molecule has 0 spiro atoms. The summed E-state index contributed by atoms with van der Waals surface area (Å²) in [5.74, 6) is 1.67. The standard InChI is InChI=1S/C16H17N3O2/c1-19-9-8-17-16(19)15(14-3-2-10-21-14)18-13-6-4-12(11-20)5-7-13/h2-10,15,18,20H,11H2,1H3. The first kappa shape index (κ1) is 13.5. The highest BCUT2D eigenvalue weighted by molar-refractivity contribution is 5.47. The lowest BCUT2D eigenvalue weighted by atomic mass is 10.1. The van der Waals surface area contributed by atoms with Crippen LogP contribution in [0.4, 0.5) is 5.69 Å². The summed E-state index contributed by atoms with van der Waals surface area (Å²) in [5, 5.41) is 12.5. The molecule has 0 saturated heterocycles. The van der Waals surface area contributed by atoms with E-state index in [9.17, 15) is 0 Å². The number of nitrogens with one attached hydrogen (secondary N) is 1. The molecule has 1 aromatic carbocycles. The van der Waals surface area contributed by atoms with Crippen LogP contribution in [0.2, 0.25) is 0 Å². The molecule has 1 atom stereocenters. The molecule has 21 heavy (non-hydrogen) atoms. The Morgan fingerprint density at radius 3 is 2.67 bits per heavy atom. The van der Waals surface area contributed by atoms with Crippen molar-refractivity contribution in [2.75, 3.05) is 5.32 Å². The Hall–Kier alpha value is -2.53. The first-order valence-electron chi connectivity index (χ1n) is 6.75. The Morgan fingerprint density at radius 1 is 1.29 bits per heavy atom. The van der Waals surface area contributed by atoms with E-state index in [0.29, 0.717) is 0 Å². The largest absolute Gasteiger partial charge is 0.467 e. The highest BCUT2D eigenvalue weighted by Gasteiger charge is 2.20. The Morgan fingerprint density at radius 2 is 2.10 bits per heavy atom. The van der Waals surface area contributed by atoms with Gasteiger partial charge in [-0.1, -0.05) is 12.1 Å². The number of aromatic nitrogens is 2. The number of hydrogen-bond acceptors (Lipinski definition) is 4. The number of furan rings is 1. The number of aryl methyl sites for hydroxylation is 1. The number of aliphatic hydroxyl groups is 1. The minimum Gasteiger partial charge on any atom is -0.467 e. The molecule has 0 radical (unpaired) electrons. The van der Waals surface area contributed by atoms with Crippen molar-refractivity contribution in [1.82, 2.24) is 9.55 Å². The molecule has 0 aliphatic rings. The Labute approximate surface area is 122 Å². The van der Waals surface area contributed by atoms with Gasteiger partial charge < -0.3 is 19.4 Å². The number of rotatable bonds is 5. The summed E-state index contributed by atoms with van der Waals surface area (Å²) in [4.78, 5) is 4.40. The third-order valence-electron chi connectivity index (χ3n) is 3.39. The quantitative estimate of drug-likeness (QED) is 0.755. The molecule has 0 bridgehead atoms. The van der Waals surface area contributed by atoms with Gasteiger partial charge in [-0.2, -0.15) is 0 Å². The smallest absolute Gasteiger partial charge is 0.143 e. The van der Waals surface area contributed by atoms with E-state index < -0.39 is 0 Å². The van der Waals surface area contributed by atoms with Crippen LogP contribution in [0.25, 0.3) is 0 Å². The van der Waals surface area contributed by atoms with Crippen LogP contribution in [0, 0.1) is 0 Å². The highest BCUT2D eigenvalue weighted by Crippen LogP contribution is 2.26. The fourth-order valence-corrected chi connectivity index (χ4v) is 2.25. The monoisotopic (exact) mass is 283 g/mol. The predicted molar refractivity (Wildman–Crippen MR) is 79.7 cm³/mol. The Bertz CT molecular complexity index is 687. The van der Waals surface area contributed by atoms with E-state index in [-0.39, 0.29) is 12.6 Å². The molecule has 3 aromatic rings. The van der Waals surface area contributed by atoms with Crippen molar-refractivity contribution in [3.63, 3.8) is 0 Å². The summed E-state index contributed by atoms with van der Waals surface area (Å²) >= 11 is 0. The van der Waals surface area contributed by atoms with Gasteiger partial charge in [0, 0.05) is 25.1 Å². The van der Waals surface area contributed by atoms with Gasteiger partial charge in [-0.25, -0.2) is 4.98 Å². The number of imidazole rings is 1. The number of nitrogens with zero attached hydrogens (tertiary/aromatic N) is 2. The predicted octanol–water partition coefficient (Wildman–Crippen LogP) is 2.71. The molecule has 2 N–H and O–H groups in total. The first-order valence-corrected chi connectivity index (χ1v) is 6.75. The molecule has 2 heterocycles. The lowest BCUT2D eigenvalue weighted by Crippen LogP contribution is -2.16. The third kappa shape index (κ3) is 2.83. The van der Waals surface area contributed by atoms with Crippen LogP contribution in [0.1, 0.15) is 23.2 Å². The lowest BCUT2D eigenvalue weighted by molar-refractivity contribution is 0.282. The first-order chi connectivity index (χ1) is 10.3. The van der Waals surface area contributed by atoms with E-state index >= 15 is 0 Å². The van der Waals surface area contributed by atoms with Crippen LogP contribution in [-0.4, -0.2) is 14.7 Å². The van der Waals surface area contributed by atoms with Gasteiger partial charge in [-0.15, -0.1) is 0 Å². The topological polar surface area (TPSA) is 63.2 Å². The van der Waals surface area contributed by atoms with Crippen LogP contribution < -0.4 is 5.32 Å². The molecule has 0 aliphatic carbocycles. The van der Waals surface area contributed by atoms with Gasteiger partial charge >= 0.3 is 0 Å². The summed E-state index contributed by atoms with van der Waals surface area (Å²) < 4.78 is 7.50. The average Bonchev–Trinajstić information content (AvgIpc) is 3.17. The fraction of sp³-hybridized carbons (Fsp3) is 0.188. The second-order valence-corrected chi connectivity index (χ2v) is 4.84. The Balaban J connectivity index is 1.91. The van der Waals surface area contributed by atoms with E-state index in [4.69, 9.17) is 9.52 Å². The molecule has 5 nitrogen and oxygen atoms in total. The zero-order valence-corrected chi connectivity index (χ0v) is 11.7. The maximum Gasteiger partial charge on any atom is 0.143 e. The molecule has 1 unspecified atom stereocenters. The molecule has 0 saturated carbocycles.